The van der Waals surface area contributed by atoms with E-state index in [1.807, 2.05) is 12.1 Å². The van der Waals surface area contributed by atoms with Crippen LogP contribution in [-0.2, 0) is 19.4 Å². The van der Waals surface area contributed by atoms with Gasteiger partial charge in [0.05, 0.1) is 24.3 Å². The number of nitriles is 1. The average Bonchev–Trinajstić information content (AvgIpc) is 3.31. The molecule has 3 aromatic heterocycles. The Balaban J connectivity index is 1.72. The van der Waals surface area contributed by atoms with Crippen LogP contribution in [0.25, 0.3) is 10.2 Å². The Labute approximate surface area is 172 Å². The first-order chi connectivity index (χ1) is 13.7. The molecule has 0 spiro atoms. The first-order valence-corrected chi connectivity index (χ1v) is 11.5. The quantitative estimate of drug-likeness (QED) is 0.309. The third-order valence-corrected chi connectivity index (χ3v) is 7.40. The number of furan rings is 1. The van der Waals surface area contributed by atoms with Crippen molar-refractivity contribution in [3.63, 3.8) is 0 Å². The highest BCUT2D eigenvalue weighted by Crippen LogP contribution is 2.36. The predicted octanol–water partition coefficient (Wildman–Crippen LogP) is 5.01. The van der Waals surface area contributed by atoms with Gasteiger partial charge in [-0.2, -0.15) is 5.26 Å². The molecule has 0 N–H and O–H groups in total. The molecule has 0 bridgehead atoms. The summed E-state index contributed by atoms with van der Waals surface area (Å²) in [5, 5.41) is 10.3. The van der Waals surface area contributed by atoms with Gasteiger partial charge in [-0.25, -0.2) is 4.98 Å². The van der Waals surface area contributed by atoms with Crippen LogP contribution in [-0.4, -0.2) is 15.3 Å². The van der Waals surface area contributed by atoms with Gasteiger partial charge in [0.15, 0.2) is 5.16 Å². The van der Waals surface area contributed by atoms with Crippen LogP contribution in [0, 0.1) is 17.2 Å². The Bertz CT molecular complexity index is 1060. The van der Waals surface area contributed by atoms with Crippen LogP contribution in [0.3, 0.4) is 0 Å². The second kappa shape index (κ2) is 8.54. The number of aromatic nitrogens is 2. The van der Waals surface area contributed by atoms with Gasteiger partial charge in [-0.3, -0.25) is 9.36 Å². The highest BCUT2D eigenvalue weighted by atomic mass is 32.2. The van der Waals surface area contributed by atoms with E-state index in [0.29, 0.717) is 18.9 Å². The van der Waals surface area contributed by atoms with Crippen LogP contribution in [0.15, 0.2) is 32.8 Å². The number of rotatable bonds is 7. The van der Waals surface area contributed by atoms with E-state index in [2.05, 4.69) is 13.0 Å². The molecule has 1 unspecified atom stereocenters. The molecule has 0 amide bonds. The van der Waals surface area contributed by atoms with E-state index in [-0.39, 0.29) is 5.56 Å². The van der Waals surface area contributed by atoms with Crippen LogP contribution >= 0.6 is 23.1 Å². The molecule has 0 aromatic carbocycles. The summed E-state index contributed by atoms with van der Waals surface area (Å²) in [6, 6.07) is 5.92. The van der Waals surface area contributed by atoms with Gasteiger partial charge in [-0.15, -0.1) is 11.3 Å². The summed E-state index contributed by atoms with van der Waals surface area (Å²) in [6.07, 6.45) is 7.16. The number of fused-ring (bicyclic) bond motifs is 3. The smallest absolute Gasteiger partial charge is 0.263 e. The number of thioether (sulfide) groups is 1. The number of hydrogen-bond donors (Lipinski definition) is 0. The summed E-state index contributed by atoms with van der Waals surface area (Å²) < 4.78 is 7.26. The lowest BCUT2D eigenvalue weighted by atomic mass is 9.89. The van der Waals surface area contributed by atoms with E-state index in [1.54, 1.807) is 33.9 Å². The summed E-state index contributed by atoms with van der Waals surface area (Å²) in [5.41, 5.74) is 1.27. The van der Waals surface area contributed by atoms with Crippen LogP contribution in [0.4, 0.5) is 0 Å². The van der Waals surface area contributed by atoms with Crippen molar-refractivity contribution in [1.29, 1.82) is 5.26 Å². The largest absolute Gasteiger partial charge is 0.467 e. The molecule has 3 aromatic rings. The molecule has 5 nitrogen and oxygen atoms in total. The van der Waals surface area contributed by atoms with Crippen molar-refractivity contribution in [2.24, 2.45) is 5.92 Å². The molecule has 1 atom stereocenters. The van der Waals surface area contributed by atoms with Crippen LogP contribution in [0.5, 0.6) is 0 Å². The van der Waals surface area contributed by atoms with Gasteiger partial charge in [-0.05, 0) is 55.7 Å². The maximum atomic E-state index is 13.5. The minimum atomic E-state index is 0.0491. The van der Waals surface area contributed by atoms with Gasteiger partial charge in [0.1, 0.15) is 10.6 Å². The predicted molar refractivity (Wildman–Crippen MR) is 113 cm³/mol. The highest BCUT2D eigenvalue weighted by Gasteiger charge is 2.25. The first-order valence-electron chi connectivity index (χ1n) is 9.74. The molecular formula is C21H23N3O2S2. The zero-order chi connectivity index (χ0) is 19.5. The maximum Gasteiger partial charge on any atom is 0.263 e. The molecular weight excluding hydrogens is 390 g/mol. The molecule has 0 saturated heterocycles. The van der Waals surface area contributed by atoms with E-state index in [0.717, 1.165) is 59.0 Å². The standard InChI is InChI=1S/C21H23N3O2S2/c1-14-7-8-16-17(12-14)28-19-18(16)20(25)24(13-15-6-5-10-26-15)21(23-19)27-11-4-2-3-9-22/h5-6,10,14H,2-4,7-8,11-13H2,1H3. The monoisotopic (exact) mass is 413 g/mol. The second-order valence-corrected chi connectivity index (χ2v) is 9.51. The lowest BCUT2D eigenvalue weighted by molar-refractivity contribution is 0.476. The minimum Gasteiger partial charge on any atom is -0.467 e. The SMILES string of the molecule is CC1CCc2c(sc3nc(SCCCCC#N)n(Cc4ccco4)c(=O)c23)C1. The molecule has 4 rings (SSSR count). The fourth-order valence-electron chi connectivity index (χ4n) is 3.68. The molecule has 1 aliphatic rings. The van der Waals surface area contributed by atoms with E-state index in [9.17, 15) is 4.79 Å². The molecule has 1 aliphatic carbocycles. The van der Waals surface area contributed by atoms with E-state index in [1.165, 1.54) is 10.4 Å². The Kier molecular flexibility index (Phi) is 5.88. The van der Waals surface area contributed by atoms with Crippen molar-refractivity contribution >= 4 is 33.3 Å². The molecule has 3 heterocycles. The Morgan fingerprint density at radius 1 is 1.46 bits per heavy atom. The zero-order valence-corrected chi connectivity index (χ0v) is 17.6. The number of hydrogen-bond acceptors (Lipinski definition) is 6. The summed E-state index contributed by atoms with van der Waals surface area (Å²) in [5.74, 6) is 2.27. The fourth-order valence-corrected chi connectivity index (χ4v) is 6.10. The molecule has 0 saturated carbocycles. The molecule has 0 fully saturated rings. The van der Waals surface area contributed by atoms with Crippen LogP contribution in [0.2, 0.25) is 0 Å². The van der Waals surface area contributed by atoms with Gasteiger partial charge in [0, 0.05) is 17.1 Å². The zero-order valence-electron chi connectivity index (χ0n) is 15.9. The molecule has 0 radical (unpaired) electrons. The van der Waals surface area contributed by atoms with Gasteiger partial charge in [0.25, 0.3) is 5.56 Å². The highest BCUT2D eigenvalue weighted by molar-refractivity contribution is 7.99. The van der Waals surface area contributed by atoms with Gasteiger partial charge in [-0.1, -0.05) is 18.7 Å². The Morgan fingerprint density at radius 2 is 2.36 bits per heavy atom. The lowest BCUT2D eigenvalue weighted by Gasteiger charge is -2.17. The summed E-state index contributed by atoms with van der Waals surface area (Å²) in [7, 11) is 0. The van der Waals surface area contributed by atoms with E-state index >= 15 is 0 Å². The molecule has 28 heavy (non-hydrogen) atoms. The Morgan fingerprint density at radius 3 is 3.14 bits per heavy atom. The van der Waals surface area contributed by atoms with Crippen LogP contribution in [0.1, 0.15) is 48.8 Å². The lowest BCUT2D eigenvalue weighted by Crippen LogP contribution is -2.24. The number of aryl methyl sites for hydroxylation is 1. The summed E-state index contributed by atoms with van der Waals surface area (Å²) >= 11 is 3.29. The van der Waals surface area contributed by atoms with Crippen molar-refractivity contribution in [3.05, 3.63) is 45.0 Å². The molecule has 0 aliphatic heterocycles. The van der Waals surface area contributed by atoms with Gasteiger partial charge < -0.3 is 4.42 Å². The fraction of sp³-hybridized carbons (Fsp3) is 0.476. The van der Waals surface area contributed by atoms with Crippen LogP contribution < -0.4 is 5.56 Å². The van der Waals surface area contributed by atoms with E-state index < -0.39 is 0 Å². The van der Waals surface area contributed by atoms with Crippen molar-refractivity contribution in [2.75, 3.05) is 5.75 Å². The second-order valence-electron chi connectivity index (χ2n) is 7.36. The van der Waals surface area contributed by atoms with Crippen molar-refractivity contribution < 1.29 is 4.42 Å². The number of unbranched alkanes of at least 4 members (excludes halogenated alkanes) is 2. The minimum absolute atomic E-state index is 0.0491. The average molecular weight is 414 g/mol. The van der Waals surface area contributed by atoms with Gasteiger partial charge in [0.2, 0.25) is 0 Å². The Hall–Kier alpha value is -2.04. The third kappa shape index (κ3) is 3.89. The van der Waals surface area contributed by atoms with Crippen molar-refractivity contribution in [3.8, 4) is 6.07 Å². The van der Waals surface area contributed by atoms with Gasteiger partial charge >= 0.3 is 0 Å². The van der Waals surface area contributed by atoms with E-state index in [4.69, 9.17) is 14.7 Å². The number of nitrogens with zero attached hydrogens (tertiary/aromatic N) is 3. The number of thiophene rings is 1. The van der Waals surface area contributed by atoms with Crippen molar-refractivity contribution in [2.45, 2.75) is 57.1 Å². The summed E-state index contributed by atoms with van der Waals surface area (Å²) in [4.78, 5) is 20.6. The molecule has 7 heteroatoms. The topological polar surface area (TPSA) is 71.8 Å². The summed E-state index contributed by atoms with van der Waals surface area (Å²) in [6.45, 7) is 2.68. The normalized spacial score (nSPS) is 16.2. The molecule has 146 valence electrons. The first kappa shape index (κ1) is 19.3. The maximum absolute atomic E-state index is 13.5. The third-order valence-electron chi connectivity index (χ3n) is 5.19. The van der Waals surface area contributed by atoms with Crippen molar-refractivity contribution in [1.82, 2.24) is 9.55 Å².